The number of ketones is 1. The van der Waals surface area contributed by atoms with Crippen LogP contribution in [0, 0.1) is 29.1 Å². The Kier molecular flexibility index (Phi) is 8.13. The van der Waals surface area contributed by atoms with Gasteiger partial charge in [-0.25, -0.2) is 0 Å². The number of unbranched alkanes of at least 4 members (excludes halogenated alkanes) is 7. The van der Waals surface area contributed by atoms with Crippen molar-refractivity contribution in [2.75, 3.05) is 0 Å². The van der Waals surface area contributed by atoms with E-state index in [4.69, 9.17) is 0 Å². The molecule has 2 heteroatoms. The lowest BCUT2D eigenvalue weighted by molar-refractivity contribution is -0.144. The summed E-state index contributed by atoms with van der Waals surface area (Å²) in [7, 11) is 0. The lowest BCUT2D eigenvalue weighted by Crippen LogP contribution is -2.51. The number of Topliss-reactive ketones (excluding diaryl/α,β-unsaturated/α-hetero) is 1. The van der Waals surface area contributed by atoms with Gasteiger partial charge < -0.3 is 0 Å². The van der Waals surface area contributed by atoms with E-state index >= 15 is 0 Å². The maximum atomic E-state index is 13.5. The van der Waals surface area contributed by atoms with E-state index in [1.54, 1.807) is 0 Å². The number of alkyl halides is 1. The van der Waals surface area contributed by atoms with E-state index in [-0.39, 0.29) is 9.74 Å². The zero-order valence-electron chi connectivity index (χ0n) is 18.9. The second kappa shape index (κ2) is 9.97. The third kappa shape index (κ3) is 5.64. The summed E-state index contributed by atoms with van der Waals surface area (Å²) in [4.78, 5) is 13.5. The molecule has 4 bridgehead atoms. The molecule has 0 aromatic rings. The van der Waals surface area contributed by atoms with E-state index in [9.17, 15) is 4.79 Å². The van der Waals surface area contributed by atoms with Gasteiger partial charge in [0.05, 0.1) is 0 Å². The standard InChI is InChI=1S/C26H45BrO/c1-4-5-6-7-8-9-10-11-12-20(2)25(3,27)19-24(28)26-16-21-13-22(17-26)15-23(14-21)18-26/h20-23H,4-19H2,1-3H3. The van der Waals surface area contributed by atoms with E-state index in [0.29, 0.717) is 11.7 Å². The highest BCUT2D eigenvalue weighted by atomic mass is 79.9. The summed E-state index contributed by atoms with van der Waals surface area (Å²) >= 11 is 4.02. The minimum absolute atomic E-state index is 0.0193. The molecule has 4 fully saturated rings. The van der Waals surface area contributed by atoms with Gasteiger partial charge in [0.2, 0.25) is 0 Å². The third-order valence-electron chi connectivity index (χ3n) is 8.65. The summed E-state index contributed by atoms with van der Waals surface area (Å²) in [5.74, 6) is 3.78. The van der Waals surface area contributed by atoms with Crippen molar-refractivity contribution in [2.45, 2.75) is 128 Å². The molecule has 2 atom stereocenters. The van der Waals surface area contributed by atoms with Gasteiger partial charge in [-0.3, -0.25) is 4.79 Å². The summed E-state index contributed by atoms with van der Waals surface area (Å²) in [6.45, 7) is 6.94. The van der Waals surface area contributed by atoms with Gasteiger partial charge in [-0.1, -0.05) is 81.1 Å². The minimum Gasteiger partial charge on any atom is -0.299 e. The van der Waals surface area contributed by atoms with Crippen molar-refractivity contribution in [1.82, 2.24) is 0 Å². The predicted octanol–water partition coefficient (Wildman–Crippen LogP) is 8.48. The molecule has 4 aliphatic carbocycles. The van der Waals surface area contributed by atoms with Crippen LogP contribution in [-0.4, -0.2) is 10.1 Å². The molecule has 0 amide bonds. The summed E-state index contributed by atoms with van der Waals surface area (Å²) in [6.07, 6.45) is 21.0. The van der Waals surface area contributed by atoms with Crippen molar-refractivity contribution >= 4 is 21.7 Å². The Balaban J connectivity index is 1.40. The molecule has 4 saturated carbocycles. The normalized spacial score (nSPS) is 34.4. The second-order valence-electron chi connectivity index (χ2n) is 11.2. The average Bonchev–Trinajstić information content (AvgIpc) is 2.62. The van der Waals surface area contributed by atoms with Crippen LogP contribution in [0.25, 0.3) is 0 Å². The Morgan fingerprint density at radius 2 is 1.39 bits per heavy atom. The van der Waals surface area contributed by atoms with Crippen molar-refractivity contribution in [2.24, 2.45) is 29.1 Å². The van der Waals surface area contributed by atoms with Crippen molar-refractivity contribution in [3.63, 3.8) is 0 Å². The van der Waals surface area contributed by atoms with Crippen LogP contribution in [0.5, 0.6) is 0 Å². The van der Waals surface area contributed by atoms with Crippen LogP contribution in [0.2, 0.25) is 0 Å². The minimum atomic E-state index is -0.0193. The number of carbonyl (C=O) groups excluding carboxylic acids is 1. The molecule has 4 rings (SSSR count). The predicted molar refractivity (Wildman–Crippen MR) is 124 cm³/mol. The molecule has 0 heterocycles. The van der Waals surface area contributed by atoms with E-state index in [2.05, 4.69) is 36.7 Å². The first kappa shape index (κ1) is 22.8. The molecule has 0 N–H and O–H groups in total. The molecule has 0 spiro atoms. The molecule has 1 nitrogen and oxygen atoms in total. The highest BCUT2D eigenvalue weighted by molar-refractivity contribution is 9.10. The van der Waals surface area contributed by atoms with Gasteiger partial charge >= 0.3 is 0 Å². The SMILES string of the molecule is CCCCCCCCCCC(C)C(C)(Br)CC(=O)C12CC3CC(CC(C3)C1)C2. The molecule has 0 radical (unpaired) electrons. The number of carbonyl (C=O) groups is 1. The fraction of sp³-hybridized carbons (Fsp3) is 0.962. The largest absolute Gasteiger partial charge is 0.299 e. The van der Waals surface area contributed by atoms with Gasteiger partial charge in [0.25, 0.3) is 0 Å². The number of halogens is 1. The maximum Gasteiger partial charge on any atom is 0.140 e. The second-order valence-corrected chi connectivity index (χ2v) is 13.1. The molecular weight excluding hydrogens is 408 g/mol. The summed E-state index contributed by atoms with van der Waals surface area (Å²) in [5.41, 5.74) is 0.0714. The van der Waals surface area contributed by atoms with Crippen molar-refractivity contribution in [1.29, 1.82) is 0 Å². The molecule has 28 heavy (non-hydrogen) atoms. The van der Waals surface area contributed by atoms with Crippen molar-refractivity contribution < 1.29 is 4.79 Å². The van der Waals surface area contributed by atoms with Gasteiger partial charge in [-0.15, -0.1) is 0 Å². The van der Waals surface area contributed by atoms with Crippen LogP contribution in [0.4, 0.5) is 0 Å². The lowest BCUT2D eigenvalue weighted by atomic mass is 9.48. The van der Waals surface area contributed by atoms with Crippen molar-refractivity contribution in [3.8, 4) is 0 Å². The van der Waals surface area contributed by atoms with Gasteiger partial charge in [0.1, 0.15) is 5.78 Å². The van der Waals surface area contributed by atoms with E-state index in [0.717, 1.165) is 24.2 Å². The van der Waals surface area contributed by atoms with E-state index in [1.165, 1.54) is 96.3 Å². The number of hydrogen-bond acceptors (Lipinski definition) is 1. The van der Waals surface area contributed by atoms with Crippen LogP contribution < -0.4 is 0 Å². The van der Waals surface area contributed by atoms with Gasteiger partial charge in [0, 0.05) is 16.2 Å². The Morgan fingerprint density at radius 1 is 0.929 bits per heavy atom. The summed E-state index contributed by atoms with van der Waals surface area (Å²) in [6, 6.07) is 0. The highest BCUT2D eigenvalue weighted by Crippen LogP contribution is 2.61. The first-order chi connectivity index (χ1) is 13.3. The number of hydrogen-bond donors (Lipinski definition) is 0. The molecule has 0 aromatic carbocycles. The third-order valence-corrected chi connectivity index (χ3v) is 9.72. The molecule has 4 aliphatic rings. The van der Waals surface area contributed by atoms with Crippen molar-refractivity contribution in [3.05, 3.63) is 0 Å². The monoisotopic (exact) mass is 452 g/mol. The molecular formula is C26H45BrO. The Bertz CT molecular complexity index is 473. The van der Waals surface area contributed by atoms with Gasteiger partial charge in [0.15, 0.2) is 0 Å². The maximum absolute atomic E-state index is 13.5. The molecule has 162 valence electrons. The van der Waals surface area contributed by atoms with E-state index < -0.39 is 0 Å². The molecule has 0 aliphatic heterocycles. The van der Waals surface area contributed by atoms with Crippen LogP contribution in [0.1, 0.15) is 124 Å². The topological polar surface area (TPSA) is 17.1 Å². The van der Waals surface area contributed by atoms with Crippen LogP contribution in [0.15, 0.2) is 0 Å². The smallest absolute Gasteiger partial charge is 0.140 e. The van der Waals surface area contributed by atoms with Crippen LogP contribution in [-0.2, 0) is 4.79 Å². The Hall–Kier alpha value is 0.150. The highest BCUT2D eigenvalue weighted by Gasteiger charge is 2.55. The van der Waals surface area contributed by atoms with Crippen LogP contribution in [0.3, 0.4) is 0 Å². The summed E-state index contributed by atoms with van der Waals surface area (Å²) < 4.78 is -0.0193. The fourth-order valence-electron chi connectivity index (χ4n) is 7.01. The Morgan fingerprint density at radius 3 is 1.89 bits per heavy atom. The van der Waals surface area contributed by atoms with Gasteiger partial charge in [-0.05, 0) is 75.5 Å². The van der Waals surface area contributed by atoms with Gasteiger partial charge in [-0.2, -0.15) is 0 Å². The molecule has 0 aromatic heterocycles. The Labute approximate surface area is 183 Å². The molecule has 2 unspecified atom stereocenters. The summed E-state index contributed by atoms with van der Waals surface area (Å²) in [5, 5.41) is 0. The van der Waals surface area contributed by atoms with Crippen LogP contribution >= 0.6 is 15.9 Å². The van der Waals surface area contributed by atoms with E-state index in [1.807, 2.05) is 0 Å². The quantitative estimate of drug-likeness (QED) is 0.202. The zero-order valence-corrected chi connectivity index (χ0v) is 20.5. The molecule has 0 saturated heterocycles. The lowest BCUT2D eigenvalue weighted by Gasteiger charge is -2.56. The first-order valence-corrected chi connectivity index (χ1v) is 13.4. The average molecular weight is 454 g/mol. The zero-order chi connectivity index (χ0) is 20.2. The first-order valence-electron chi connectivity index (χ1n) is 12.6. The fourth-order valence-corrected chi connectivity index (χ4v) is 7.50. The number of rotatable bonds is 13.